The van der Waals surface area contributed by atoms with Crippen LogP contribution in [0.25, 0.3) is 66.1 Å². The topological polar surface area (TPSA) is 9.86 Å². The van der Waals surface area contributed by atoms with Gasteiger partial charge in [-0.1, -0.05) is 188 Å². The van der Waals surface area contributed by atoms with Gasteiger partial charge in [0.05, 0.1) is 22.1 Å². The first kappa shape index (κ1) is 33.2. The van der Waals surface area contributed by atoms with Gasteiger partial charge in [0.2, 0.25) is 0 Å². The van der Waals surface area contributed by atoms with E-state index in [-0.39, 0.29) is 0 Å². The highest BCUT2D eigenvalue weighted by Crippen LogP contribution is 2.42. The van der Waals surface area contributed by atoms with Crippen LogP contribution in [0.2, 0.25) is 0 Å². The molecule has 0 amide bonds. The molecule has 2 heterocycles. The molecule has 57 heavy (non-hydrogen) atoms. The summed E-state index contributed by atoms with van der Waals surface area (Å²) in [4.78, 5) is 0. The van der Waals surface area contributed by atoms with Gasteiger partial charge < -0.3 is 9.13 Å². The van der Waals surface area contributed by atoms with E-state index in [2.05, 4.69) is 240 Å². The number of hydrogen-bond donors (Lipinski definition) is 0. The Kier molecular flexibility index (Phi) is 7.87. The highest BCUT2D eigenvalue weighted by atomic mass is 28.3. The third kappa shape index (κ3) is 5.10. The molecular weight excluding hydrogens is 705 g/mol. The van der Waals surface area contributed by atoms with E-state index >= 15 is 0 Å². The minimum Gasteiger partial charge on any atom is -0.309 e. The zero-order valence-corrected chi connectivity index (χ0v) is 32.3. The standard InChI is InChI=1S/C54H38N2Si/c1-6-20-40(21-7-1)55-49-32-18-16-31-48(49)53-50(55)37-36-47-46-35-34-39(38-51(46)56(54(47)53)41-22-8-2-9-23-41)45-30-17-19-33-52(45)57(42-24-10-3-11-25-42,43-26-12-4-13-27-43)44-28-14-5-15-29-44/h1-38H. The fraction of sp³-hybridized carbons (Fsp3) is 0. The lowest BCUT2D eigenvalue weighted by molar-refractivity contribution is 1.17. The van der Waals surface area contributed by atoms with Gasteiger partial charge in [0, 0.05) is 32.9 Å². The van der Waals surface area contributed by atoms with E-state index in [4.69, 9.17) is 0 Å². The van der Waals surface area contributed by atoms with Gasteiger partial charge in [0.25, 0.3) is 0 Å². The fourth-order valence-electron chi connectivity index (χ4n) is 9.52. The first-order valence-electron chi connectivity index (χ1n) is 19.7. The van der Waals surface area contributed by atoms with Crippen LogP contribution in [0.5, 0.6) is 0 Å². The number of benzene rings is 9. The predicted octanol–water partition coefficient (Wildman–Crippen LogP) is 10.9. The number of nitrogens with zero attached hydrogens (tertiary/aromatic N) is 2. The smallest absolute Gasteiger partial charge is 0.180 e. The maximum atomic E-state index is 2.51. The van der Waals surface area contributed by atoms with Gasteiger partial charge in [-0.2, -0.15) is 0 Å². The maximum Gasteiger partial charge on any atom is 0.180 e. The van der Waals surface area contributed by atoms with Gasteiger partial charge in [-0.3, -0.25) is 0 Å². The molecule has 0 saturated carbocycles. The molecule has 0 aliphatic heterocycles. The lowest BCUT2D eigenvalue weighted by Crippen LogP contribution is -2.75. The first-order valence-corrected chi connectivity index (χ1v) is 21.7. The molecule has 268 valence electrons. The molecule has 3 heteroatoms. The Hall–Kier alpha value is -7.20. The summed E-state index contributed by atoms with van der Waals surface area (Å²) in [5.74, 6) is 0. The van der Waals surface area contributed by atoms with Crippen molar-refractivity contribution in [1.29, 1.82) is 0 Å². The van der Waals surface area contributed by atoms with Crippen LogP contribution in [0.3, 0.4) is 0 Å². The summed E-state index contributed by atoms with van der Waals surface area (Å²) in [5.41, 5.74) is 9.60. The van der Waals surface area contributed by atoms with Gasteiger partial charge in [0.15, 0.2) is 8.07 Å². The molecule has 11 aromatic rings. The number of rotatable bonds is 7. The second kappa shape index (κ2) is 13.5. The highest BCUT2D eigenvalue weighted by molar-refractivity contribution is 7.20. The molecule has 11 rings (SSSR count). The second-order valence-electron chi connectivity index (χ2n) is 14.8. The van der Waals surface area contributed by atoms with Crippen molar-refractivity contribution in [3.8, 4) is 22.5 Å². The van der Waals surface area contributed by atoms with E-state index < -0.39 is 8.07 Å². The number of aromatic nitrogens is 2. The molecule has 2 aromatic heterocycles. The zero-order chi connectivity index (χ0) is 37.8. The minimum atomic E-state index is -2.81. The molecule has 2 nitrogen and oxygen atoms in total. The van der Waals surface area contributed by atoms with Crippen molar-refractivity contribution in [2.45, 2.75) is 0 Å². The van der Waals surface area contributed by atoms with E-state index in [0.29, 0.717) is 0 Å². The van der Waals surface area contributed by atoms with Crippen LogP contribution in [0.15, 0.2) is 231 Å². The van der Waals surface area contributed by atoms with Crippen LogP contribution >= 0.6 is 0 Å². The molecule has 0 unspecified atom stereocenters. The average Bonchev–Trinajstić information content (AvgIpc) is 3.81. The Morgan fingerprint density at radius 2 is 0.807 bits per heavy atom. The molecule has 0 saturated heterocycles. The van der Waals surface area contributed by atoms with E-state index in [9.17, 15) is 0 Å². The van der Waals surface area contributed by atoms with Gasteiger partial charge >= 0.3 is 0 Å². The van der Waals surface area contributed by atoms with Crippen LogP contribution in [-0.2, 0) is 0 Å². The number of hydrogen-bond acceptors (Lipinski definition) is 0. The summed E-state index contributed by atoms with van der Waals surface area (Å²) in [6.45, 7) is 0. The SMILES string of the molecule is c1ccc(-n2c3ccccc3c3c2ccc2c4ccc(-c5ccccc5[Si](c5ccccc5)(c5ccccc5)c5ccccc5)cc4n(-c4ccccc4)c23)cc1. The Labute approximate surface area is 333 Å². The largest absolute Gasteiger partial charge is 0.309 e. The van der Waals surface area contributed by atoms with Gasteiger partial charge in [-0.15, -0.1) is 0 Å². The van der Waals surface area contributed by atoms with Crippen molar-refractivity contribution in [1.82, 2.24) is 9.13 Å². The summed E-state index contributed by atoms with van der Waals surface area (Å²) in [6.07, 6.45) is 0. The van der Waals surface area contributed by atoms with Crippen molar-refractivity contribution in [2.24, 2.45) is 0 Å². The van der Waals surface area contributed by atoms with Crippen LogP contribution in [-0.4, -0.2) is 17.2 Å². The second-order valence-corrected chi connectivity index (χ2v) is 18.6. The van der Waals surface area contributed by atoms with Crippen molar-refractivity contribution in [2.75, 3.05) is 0 Å². The Morgan fingerprint density at radius 3 is 1.42 bits per heavy atom. The molecule has 0 fully saturated rings. The quantitative estimate of drug-likeness (QED) is 0.114. The van der Waals surface area contributed by atoms with E-state index in [1.807, 2.05) is 0 Å². The van der Waals surface area contributed by atoms with Crippen LogP contribution in [0, 0.1) is 0 Å². The number of fused-ring (bicyclic) bond motifs is 7. The van der Waals surface area contributed by atoms with Gasteiger partial charge in [0.1, 0.15) is 0 Å². The van der Waals surface area contributed by atoms with Crippen molar-refractivity contribution in [3.63, 3.8) is 0 Å². The molecule has 0 bridgehead atoms. The summed E-state index contributed by atoms with van der Waals surface area (Å²) in [6, 6.07) is 85.2. The van der Waals surface area contributed by atoms with Crippen LogP contribution < -0.4 is 20.7 Å². The minimum absolute atomic E-state index is 1.15. The Bertz CT molecular complexity index is 3110. The van der Waals surface area contributed by atoms with E-state index in [1.54, 1.807) is 0 Å². The van der Waals surface area contributed by atoms with E-state index in [0.717, 1.165) is 11.4 Å². The monoisotopic (exact) mass is 742 g/mol. The third-order valence-electron chi connectivity index (χ3n) is 11.9. The average molecular weight is 743 g/mol. The molecule has 0 aliphatic rings. The zero-order valence-electron chi connectivity index (χ0n) is 31.3. The molecule has 0 radical (unpaired) electrons. The normalized spacial score (nSPS) is 11.9. The van der Waals surface area contributed by atoms with Gasteiger partial charge in [-0.25, -0.2) is 0 Å². The van der Waals surface area contributed by atoms with Crippen LogP contribution in [0.4, 0.5) is 0 Å². The molecule has 0 N–H and O–H groups in total. The molecule has 9 aromatic carbocycles. The molecule has 0 aliphatic carbocycles. The Morgan fingerprint density at radius 1 is 0.316 bits per heavy atom. The number of para-hydroxylation sites is 3. The van der Waals surface area contributed by atoms with Crippen molar-refractivity contribution >= 4 is 72.4 Å². The Balaban J connectivity index is 1.25. The first-order chi connectivity index (χ1) is 28.3. The summed E-state index contributed by atoms with van der Waals surface area (Å²) < 4.78 is 4.93. The van der Waals surface area contributed by atoms with Crippen LogP contribution in [0.1, 0.15) is 0 Å². The predicted molar refractivity (Wildman–Crippen MR) is 244 cm³/mol. The fourth-order valence-corrected chi connectivity index (χ4v) is 14.5. The third-order valence-corrected chi connectivity index (χ3v) is 16.7. The summed E-state index contributed by atoms with van der Waals surface area (Å²) in [5, 5.41) is 10.5. The summed E-state index contributed by atoms with van der Waals surface area (Å²) in [7, 11) is -2.81. The molecule has 0 atom stereocenters. The van der Waals surface area contributed by atoms with Crippen molar-refractivity contribution < 1.29 is 0 Å². The maximum absolute atomic E-state index is 2.81. The lowest BCUT2D eigenvalue weighted by Gasteiger charge is -2.36. The molecule has 0 spiro atoms. The van der Waals surface area contributed by atoms with Gasteiger partial charge in [-0.05, 0) is 74.3 Å². The lowest BCUT2D eigenvalue weighted by atomic mass is 10.0. The van der Waals surface area contributed by atoms with Crippen molar-refractivity contribution in [3.05, 3.63) is 231 Å². The molecular formula is C54H38N2Si. The highest BCUT2D eigenvalue weighted by Gasteiger charge is 2.42. The summed E-state index contributed by atoms with van der Waals surface area (Å²) >= 11 is 0. The van der Waals surface area contributed by atoms with E-state index in [1.165, 1.54) is 75.5 Å².